The maximum absolute atomic E-state index is 13.3. The molecule has 98 valence electrons. The Bertz CT molecular complexity index is 466. The lowest BCUT2D eigenvalue weighted by atomic mass is 10.1. The van der Waals surface area contributed by atoms with Crippen LogP contribution in [0.2, 0.25) is 0 Å². The Kier molecular flexibility index (Phi) is 4.48. The predicted octanol–water partition coefficient (Wildman–Crippen LogP) is 3.49. The fourth-order valence-electron chi connectivity index (χ4n) is 1.34. The number of nitriles is 1. The van der Waals surface area contributed by atoms with E-state index >= 15 is 0 Å². The SMILES string of the molecule is CCC(CC#N)Nc1c(F)c(F)c(F)c(F)c1F. The maximum atomic E-state index is 13.3. The van der Waals surface area contributed by atoms with E-state index in [4.69, 9.17) is 5.26 Å². The summed E-state index contributed by atoms with van der Waals surface area (Å²) in [6.45, 7) is 1.61. The second-order valence-corrected chi connectivity index (χ2v) is 3.56. The smallest absolute Gasteiger partial charge is 0.200 e. The normalized spacial score (nSPS) is 12.1. The van der Waals surface area contributed by atoms with Crippen molar-refractivity contribution in [1.29, 1.82) is 5.26 Å². The van der Waals surface area contributed by atoms with Crippen molar-refractivity contribution in [1.82, 2.24) is 0 Å². The molecule has 1 unspecified atom stereocenters. The van der Waals surface area contributed by atoms with Gasteiger partial charge in [-0.05, 0) is 6.42 Å². The van der Waals surface area contributed by atoms with E-state index in [1.54, 1.807) is 13.0 Å². The lowest BCUT2D eigenvalue weighted by molar-refractivity contribution is 0.380. The molecule has 1 atom stereocenters. The van der Waals surface area contributed by atoms with Crippen molar-refractivity contribution in [2.24, 2.45) is 0 Å². The molecule has 7 heteroatoms. The Hall–Kier alpha value is -1.84. The van der Waals surface area contributed by atoms with Gasteiger partial charge in [0.1, 0.15) is 5.69 Å². The van der Waals surface area contributed by atoms with Crippen molar-refractivity contribution < 1.29 is 22.0 Å². The fourth-order valence-corrected chi connectivity index (χ4v) is 1.34. The zero-order valence-electron chi connectivity index (χ0n) is 9.33. The molecule has 0 spiro atoms. The monoisotopic (exact) mass is 264 g/mol. The standard InChI is InChI=1S/C11H9F5N2/c1-2-5(3-4-17)18-11-9(15)7(13)6(12)8(14)10(11)16/h5,18H,2-3H2,1H3. The number of rotatable bonds is 4. The molecule has 0 saturated heterocycles. The summed E-state index contributed by atoms with van der Waals surface area (Å²) in [5.41, 5.74) is -1.10. The van der Waals surface area contributed by atoms with Gasteiger partial charge < -0.3 is 5.32 Å². The molecular weight excluding hydrogens is 255 g/mol. The molecule has 1 rings (SSSR count). The van der Waals surface area contributed by atoms with Crippen LogP contribution in [-0.2, 0) is 0 Å². The molecule has 0 aromatic heterocycles. The molecular formula is C11H9F5N2. The second-order valence-electron chi connectivity index (χ2n) is 3.56. The molecule has 0 aliphatic carbocycles. The molecule has 0 saturated carbocycles. The Balaban J connectivity index is 3.21. The first-order valence-corrected chi connectivity index (χ1v) is 5.08. The zero-order valence-corrected chi connectivity index (χ0v) is 9.33. The molecule has 0 aliphatic rings. The van der Waals surface area contributed by atoms with Crippen molar-refractivity contribution in [2.75, 3.05) is 5.32 Å². The number of hydrogen-bond acceptors (Lipinski definition) is 2. The number of hydrogen-bond donors (Lipinski definition) is 1. The Morgan fingerprint density at radius 2 is 1.44 bits per heavy atom. The minimum Gasteiger partial charge on any atom is -0.376 e. The van der Waals surface area contributed by atoms with Gasteiger partial charge in [-0.25, -0.2) is 22.0 Å². The summed E-state index contributed by atoms with van der Waals surface area (Å²) >= 11 is 0. The summed E-state index contributed by atoms with van der Waals surface area (Å²) in [6, 6.07) is 1.06. The van der Waals surface area contributed by atoms with Crippen LogP contribution in [-0.4, -0.2) is 6.04 Å². The number of nitrogens with zero attached hydrogens (tertiary/aromatic N) is 1. The van der Waals surface area contributed by atoms with Gasteiger partial charge in [-0.1, -0.05) is 6.92 Å². The third-order valence-electron chi connectivity index (χ3n) is 2.39. The first-order valence-electron chi connectivity index (χ1n) is 5.08. The molecule has 1 aromatic rings. The van der Waals surface area contributed by atoms with Gasteiger partial charge in [0, 0.05) is 6.04 Å². The molecule has 0 aliphatic heterocycles. The van der Waals surface area contributed by atoms with Gasteiger partial charge in [0.2, 0.25) is 5.82 Å². The molecule has 1 N–H and O–H groups in total. The third-order valence-corrected chi connectivity index (χ3v) is 2.39. The highest BCUT2D eigenvalue weighted by Gasteiger charge is 2.26. The molecule has 0 fully saturated rings. The van der Waals surface area contributed by atoms with Crippen LogP contribution in [0.15, 0.2) is 0 Å². The zero-order chi connectivity index (χ0) is 13.9. The average molecular weight is 264 g/mol. The minimum absolute atomic E-state index is 0.115. The lowest BCUT2D eigenvalue weighted by Gasteiger charge is -2.17. The summed E-state index contributed by atoms with van der Waals surface area (Å²) in [7, 11) is 0. The molecule has 18 heavy (non-hydrogen) atoms. The van der Waals surface area contributed by atoms with Gasteiger partial charge in [0.25, 0.3) is 0 Å². The van der Waals surface area contributed by atoms with Gasteiger partial charge in [-0.3, -0.25) is 0 Å². The van der Waals surface area contributed by atoms with Crippen LogP contribution in [0.4, 0.5) is 27.6 Å². The van der Waals surface area contributed by atoms with E-state index in [0.717, 1.165) is 0 Å². The van der Waals surface area contributed by atoms with Crippen LogP contribution in [0.25, 0.3) is 0 Å². The quantitative estimate of drug-likeness (QED) is 0.513. The van der Waals surface area contributed by atoms with E-state index in [9.17, 15) is 22.0 Å². The lowest BCUT2D eigenvalue weighted by Crippen LogP contribution is -2.21. The topological polar surface area (TPSA) is 35.8 Å². The van der Waals surface area contributed by atoms with Crippen molar-refractivity contribution in [3.8, 4) is 6.07 Å². The van der Waals surface area contributed by atoms with Crippen LogP contribution < -0.4 is 5.32 Å². The van der Waals surface area contributed by atoms with Crippen molar-refractivity contribution in [2.45, 2.75) is 25.8 Å². The maximum Gasteiger partial charge on any atom is 0.200 e. The van der Waals surface area contributed by atoms with E-state index in [2.05, 4.69) is 5.32 Å². The molecule has 0 amide bonds. The van der Waals surface area contributed by atoms with Gasteiger partial charge in [-0.2, -0.15) is 5.26 Å². The highest BCUT2D eigenvalue weighted by atomic mass is 19.2. The Labute approximate surface area is 100 Å². The summed E-state index contributed by atoms with van der Waals surface area (Å²) in [5, 5.41) is 10.6. The van der Waals surface area contributed by atoms with Crippen molar-refractivity contribution in [3.05, 3.63) is 29.1 Å². The van der Waals surface area contributed by atoms with Gasteiger partial charge in [-0.15, -0.1) is 0 Å². The summed E-state index contributed by atoms with van der Waals surface area (Å²) in [6.07, 6.45) is 0.184. The minimum atomic E-state index is -2.20. The number of anilines is 1. The van der Waals surface area contributed by atoms with E-state index in [1.807, 2.05) is 0 Å². The average Bonchev–Trinajstić information content (AvgIpc) is 2.37. The second kappa shape index (κ2) is 5.67. The van der Waals surface area contributed by atoms with Crippen molar-refractivity contribution in [3.63, 3.8) is 0 Å². The highest BCUT2D eigenvalue weighted by molar-refractivity contribution is 5.48. The first kappa shape index (κ1) is 14.2. The fraction of sp³-hybridized carbons (Fsp3) is 0.364. The molecule has 2 nitrogen and oxygen atoms in total. The predicted molar refractivity (Wildman–Crippen MR) is 54.2 cm³/mol. The van der Waals surface area contributed by atoms with E-state index < -0.39 is 40.8 Å². The van der Waals surface area contributed by atoms with Crippen LogP contribution in [0.5, 0.6) is 0 Å². The Morgan fingerprint density at radius 1 is 1.00 bits per heavy atom. The summed E-state index contributed by atoms with van der Waals surface area (Å²) in [5.74, 6) is -10.1. The molecule has 0 bridgehead atoms. The highest BCUT2D eigenvalue weighted by Crippen LogP contribution is 2.28. The number of nitrogens with one attached hydrogen (secondary N) is 1. The van der Waals surface area contributed by atoms with Crippen LogP contribution in [0.3, 0.4) is 0 Å². The Morgan fingerprint density at radius 3 is 1.83 bits per heavy atom. The first-order chi connectivity index (χ1) is 8.43. The van der Waals surface area contributed by atoms with E-state index in [-0.39, 0.29) is 6.42 Å². The summed E-state index contributed by atoms with van der Waals surface area (Å²) in [4.78, 5) is 0. The van der Waals surface area contributed by atoms with Crippen LogP contribution in [0.1, 0.15) is 19.8 Å². The van der Waals surface area contributed by atoms with Gasteiger partial charge in [0.15, 0.2) is 23.3 Å². The van der Waals surface area contributed by atoms with Gasteiger partial charge >= 0.3 is 0 Å². The van der Waals surface area contributed by atoms with Crippen LogP contribution >= 0.6 is 0 Å². The van der Waals surface area contributed by atoms with E-state index in [1.165, 1.54) is 0 Å². The van der Waals surface area contributed by atoms with Crippen LogP contribution in [0, 0.1) is 40.4 Å². The molecule has 0 heterocycles. The van der Waals surface area contributed by atoms with Crippen molar-refractivity contribution >= 4 is 5.69 Å². The molecule has 1 aromatic carbocycles. The number of halogens is 5. The third kappa shape index (κ3) is 2.53. The number of benzene rings is 1. The molecule has 0 radical (unpaired) electrons. The summed E-state index contributed by atoms with van der Waals surface area (Å²) < 4.78 is 65.1. The largest absolute Gasteiger partial charge is 0.376 e. The van der Waals surface area contributed by atoms with Gasteiger partial charge in [0.05, 0.1) is 12.5 Å². The van der Waals surface area contributed by atoms with E-state index in [0.29, 0.717) is 6.42 Å².